The summed E-state index contributed by atoms with van der Waals surface area (Å²) < 4.78 is 6.14. The van der Waals surface area contributed by atoms with E-state index in [1.165, 1.54) is 32.1 Å². The summed E-state index contributed by atoms with van der Waals surface area (Å²) in [5.74, 6) is 0.232. The number of hydrogen-bond acceptors (Lipinski definition) is 3. The smallest absolute Gasteiger partial charge is 0.251 e. The molecule has 2 saturated heterocycles. The van der Waals surface area contributed by atoms with Gasteiger partial charge in [-0.3, -0.25) is 4.79 Å². The number of fused-ring (bicyclic) bond motifs is 2. The van der Waals surface area contributed by atoms with Crippen molar-refractivity contribution in [1.29, 1.82) is 0 Å². The summed E-state index contributed by atoms with van der Waals surface area (Å²) in [7, 11) is 0. The van der Waals surface area contributed by atoms with Gasteiger partial charge in [0, 0.05) is 18.6 Å². The van der Waals surface area contributed by atoms with Gasteiger partial charge in [-0.05, 0) is 45.6 Å². The van der Waals surface area contributed by atoms with Gasteiger partial charge in [-0.25, -0.2) is 0 Å². The van der Waals surface area contributed by atoms with Crippen molar-refractivity contribution in [2.24, 2.45) is 0 Å². The van der Waals surface area contributed by atoms with E-state index in [2.05, 4.69) is 10.2 Å². The normalized spacial score (nSPS) is 32.5. The molecule has 0 spiro atoms. The lowest BCUT2D eigenvalue weighted by Gasteiger charge is -2.31. The van der Waals surface area contributed by atoms with Gasteiger partial charge in [-0.1, -0.05) is 25.7 Å². The number of hydrogen-bond donors (Lipinski definition) is 1. The lowest BCUT2D eigenvalue weighted by Crippen LogP contribution is -2.48. The van der Waals surface area contributed by atoms with Gasteiger partial charge in [0.25, 0.3) is 5.91 Å². The van der Waals surface area contributed by atoms with Crippen LogP contribution in [0.25, 0.3) is 0 Å². The zero-order valence-corrected chi connectivity index (χ0v) is 13.4. The summed E-state index contributed by atoms with van der Waals surface area (Å²) in [5.41, 5.74) is 0. The second-order valence-electron chi connectivity index (χ2n) is 7.02. The fourth-order valence-electron chi connectivity index (χ4n) is 4.28. The molecular weight excluding hydrogens is 264 g/mol. The maximum atomic E-state index is 12.8. The molecule has 1 amide bonds. The first-order valence-electron chi connectivity index (χ1n) is 8.94. The van der Waals surface area contributed by atoms with Gasteiger partial charge in [0.15, 0.2) is 0 Å². The molecule has 1 aliphatic carbocycles. The summed E-state index contributed by atoms with van der Waals surface area (Å²) in [6, 6.07) is 0.836. The zero-order chi connectivity index (χ0) is 14.7. The van der Waals surface area contributed by atoms with Gasteiger partial charge >= 0.3 is 0 Å². The summed E-state index contributed by atoms with van der Waals surface area (Å²) >= 11 is 0. The van der Waals surface area contributed by atoms with Gasteiger partial charge in [-0.15, -0.1) is 0 Å². The molecule has 4 nitrogen and oxygen atoms in total. The van der Waals surface area contributed by atoms with E-state index in [0.717, 1.165) is 38.8 Å². The van der Waals surface area contributed by atoms with Crippen molar-refractivity contribution in [2.45, 2.75) is 89.0 Å². The molecule has 3 unspecified atom stereocenters. The largest absolute Gasteiger partial charge is 0.365 e. The molecule has 2 aliphatic heterocycles. The van der Waals surface area contributed by atoms with Gasteiger partial charge in [-0.2, -0.15) is 0 Å². The highest BCUT2D eigenvalue weighted by Crippen LogP contribution is 2.29. The van der Waals surface area contributed by atoms with E-state index in [-0.39, 0.29) is 12.0 Å². The minimum Gasteiger partial charge on any atom is -0.365 e. The van der Waals surface area contributed by atoms with Gasteiger partial charge in [0.2, 0.25) is 0 Å². The molecule has 3 fully saturated rings. The highest BCUT2D eigenvalue weighted by Gasteiger charge is 2.40. The Morgan fingerprint density at radius 1 is 1.05 bits per heavy atom. The Kier molecular flexibility index (Phi) is 5.17. The van der Waals surface area contributed by atoms with Crippen LogP contribution in [0.15, 0.2) is 0 Å². The number of carbonyl (C=O) groups excluding carboxylic acids is 1. The van der Waals surface area contributed by atoms with Crippen molar-refractivity contribution in [2.75, 3.05) is 13.1 Å². The van der Waals surface area contributed by atoms with Crippen LogP contribution in [-0.2, 0) is 9.53 Å². The Balaban J connectivity index is 1.58. The molecule has 4 heteroatoms. The molecule has 0 aromatic heterocycles. The van der Waals surface area contributed by atoms with E-state index in [1.807, 2.05) is 6.92 Å². The van der Waals surface area contributed by atoms with E-state index in [0.29, 0.717) is 18.2 Å². The number of ether oxygens (including phenoxy) is 1. The van der Waals surface area contributed by atoms with Crippen LogP contribution in [0.1, 0.15) is 64.7 Å². The van der Waals surface area contributed by atoms with E-state index < -0.39 is 0 Å². The predicted octanol–water partition coefficient (Wildman–Crippen LogP) is 2.47. The molecule has 0 aromatic carbocycles. The van der Waals surface area contributed by atoms with Crippen molar-refractivity contribution in [1.82, 2.24) is 10.2 Å². The summed E-state index contributed by atoms with van der Waals surface area (Å²) in [6.07, 6.45) is 10.9. The van der Waals surface area contributed by atoms with Crippen molar-refractivity contribution >= 4 is 5.91 Å². The van der Waals surface area contributed by atoms with E-state index in [1.54, 1.807) is 0 Å². The number of nitrogens with one attached hydrogen (secondary N) is 1. The topological polar surface area (TPSA) is 41.6 Å². The molecule has 1 N–H and O–H groups in total. The minimum atomic E-state index is -0.269. The molecule has 1 saturated carbocycles. The van der Waals surface area contributed by atoms with Crippen molar-refractivity contribution < 1.29 is 9.53 Å². The highest BCUT2D eigenvalue weighted by atomic mass is 16.5. The molecule has 0 radical (unpaired) electrons. The van der Waals surface area contributed by atoms with Crippen molar-refractivity contribution in [3.05, 3.63) is 0 Å². The first-order chi connectivity index (χ1) is 10.3. The molecule has 2 bridgehead atoms. The van der Waals surface area contributed by atoms with Crippen LogP contribution < -0.4 is 5.32 Å². The SMILES string of the molecule is CC(OC1CCCCCC1)C(=O)N1C2CCNCC1CC2. The first-order valence-corrected chi connectivity index (χ1v) is 8.94. The van der Waals surface area contributed by atoms with E-state index in [9.17, 15) is 4.79 Å². The maximum Gasteiger partial charge on any atom is 0.251 e. The monoisotopic (exact) mass is 294 g/mol. The number of nitrogens with zero attached hydrogens (tertiary/aromatic N) is 1. The standard InChI is InChI=1S/C17H30N2O2/c1-13(21-16-6-4-2-3-5-7-16)17(20)19-14-8-9-15(19)12-18-11-10-14/h13-16,18H,2-12H2,1H3. The van der Waals surface area contributed by atoms with Gasteiger partial charge < -0.3 is 15.0 Å². The molecule has 2 heterocycles. The minimum absolute atomic E-state index is 0.232. The third-order valence-corrected chi connectivity index (χ3v) is 5.46. The van der Waals surface area contributed by atoms with Gasteiger partial charge in [0.1, 0.15) is 6.10 Å². The van der Waals surface area contributed by atoms with Crippen LogP contribution in [0, 0.1) is 0 Å². The van der Waals surface area contributed by atoms with Crippen molar-refractivity contribution in [3.63, 3.8) is 0 Å². The number of amides is 1. The molecule has 3 aliphatic rings. The Morgan fingerprint density at radius 3 is 2.52 bits per heavy atom. The fourth-order valence-corrected chi connectivity index (χ4v) is 4.28. The third-order valence-electron chi connectivity index (χ3n) is 5.46. The first kappa shape index (κ1) is 15.3. The van der Waals surface area contributed by atoms with Crippen molar-refractivity contribution in [3.8, 4) is 0 Å². The zero-order valence-electron chi connectivity index (χ0n) is 13.4. The second kappa shape index (κ2) is 7.10. The van der Waals surface area contributed by atoms with Gasteiger partial charge in [0.05, 0.1) is 6.10 Å². The summed E-state index contributed by atoms with van der Waals surface area (Å²) in [4.78, 5) is 15.0. The van der Waals surface area contributed by atoms with Crippen LogP contribution in [0.5, 0.6) is 0 Å². The molecule has 3 atom stereocenters. The van der Waals surface area contributed by atoms with E-state index in [4.69, 9.17) is 4.74 Å². The fraction of sp³-hybridized carbons (Fsp3) is 0.941. The van der Waals surface area contributed by atoms with E-state index >= 15 is 0 Å². The molecule has 21 heavy (non-hydrogen) atoms. The van der Waals surface area contributed by atoms with Crippen LogP contribution >= 0.6 is 0 Å². The maximum absolute atomic E-state index is 12.8. The average Bonchev–Trinajstić information content (AvgIpc) is 2.64. The molecule has 120 valence electrons. The number of rotatable bonds is 3. The Labute approximate surface area is 128 Å². The predicted molar refractivity (Wildman–Crippen MR) is 83.2 cm³/mol. The molecule has 3 rings (SSSR count). The summed E-state index contributed by atoms with van der Waals surface area (Å²) in [6.45, 7) is 3.96. The second-order valence-corrected chi connectivity index (χ2v) is 7.02. The third kappa shape index (κ3) is 3.59. The molecular formula is C17H30N2O2. The average molecular weight is 294 g/mol. The van der Waals surface area contributed by atoms with Crippen LogP contribution in [0.3, 0.4) is 0 Å². The Bertz CT molecular complexity index is 339. The highest BCUT2D eigenvalue weighted by molar-refractivity contribution is 5.81. The lowest BCUT2D eigenvalue weighted by molar-refractivity contribution is -0.149. The number of carbonyl (C=O) groups is 1. The van der Waals surface area contributed by atoms with Crippen LogP contribution in [-0.4, -0.2) is 48.2 Å². The van der Waals surface area contributed by atoms with Crippen LogP contribution in [0.2, 0.25) is 0 Å². The lowest BCUT2D eigenvalue weighted by atomic mass is 10.1. The van der Waals surface area contributed by atoms with Crippen LogP contribution in [0.4, 0.5) is 0 Å². The quantitative estimate of drug-likeness (QED) is 0.813. The summed E-state index contributed by atoms with van der Waals surface area (Å²) in [5, 5.41) is 3.46. The Morgan fingerprint density at radius 2 is 1.76 bits per heavy atom. The Hall–Kier alpha value is -0.610. The molecule has 0 aromatic rings.